The largest absolute Gasteiger partial charge is 0.394 e. The third-order valence-corrected chi connectivity index (χ3v) is 5.35. The second-order valence-corrected chi connectivity index (χ2v) is 8.36. The number of anilines is 2. The van der Waals surface area contributed by atoms with Gasteiger partial charge in [-0.25, -0.2) is 8.78 Å². The first kappa shape index (κ1) is 33.8. The SMILES string of the molecule is OCCOCCOCCOCCNc1ccc(-c2ccc(NCCOCCOCCOCCO)c(F)c2)cc1F. The van der Waals surface area contributed by atoms with Crippen molar-refractivity contribution in [3.8, 4) is 11.1 Å². The minimum absolute atomic E-state index is 0.00980. The summed E-state index contributed by atoms with van der Waals surface area (Å²) in [6.07, 6.45) is 0. The monoisotopic (exact) mass is 572 g/mol. The lowest BCUT2D eigenvalue weighted by Crippen LogP contribution is -2.14. The van der Waals surface area contributed by atoms with Crippen molar-refractivity contribution in [1.82, 2.24) is 0 Å². The van der Waals surface area contributed by atoms with Gasteiger partial charge in [0.05, 0.1) is 104 Å². The first-order chi connectivity index (χ1) is 19.7. The Morgan fingerprint density at radius 2 is 0.800 bits per heavy atom. The molecule has 0 bridgehead atoms. The molecule has 40 heavy (non-hydrogen) atoms. The summed E-state index contributed by atoms with van der Waals surface area (Å²) in [5, 5.41) is 23.2. The second kappa shape index (κ2) is 22.3. The topological polar surface area (TPSA) is 120 Å². The van der Waals surface area contributed by atoms with Crippen molar-refractivity contribution >= 4 is 11.4 Å². The van der Waals surface area contributed by atoms with Crippen molar-refractivity contribution in [1.29, 1.82) is 0 Å². The van der Waals surface area contributed by atoms with E-state index in [2.05, 4.69) is 10.6 Å². The Morgan fingerprint density at radius 1 is 0.475 bits per heavy atom. The molecule has 10 nitrogen and oxygen atoms in total. The van der Waals surface area contributed by atoms with Gasteiger partial charge in [0.2, 0.25) is 0 Å². The molecule has 2 aromatic rings. The molecule has 0 saturated carbocycles. The van der Waals surface area contributed by atoms with Gasteiger partial charge in [0, 0.05) is 13.1 Å². The summed E-state index contributed by atoms with van der Waals surface area (Å²) >= 11 is 0. The Morgan fingerprint density at radius 3 is 1.12 bits per heavy atom. The molecule has 226 valence electrons. The molecule has 0 heterocycles. The predicted molar refractivity (Wildman–Crippen MR) is 148 cm³/mol. The zero-order chi connectivity index (χ0) is 28.7. The van der Waals surface area contributed by atoms with Crippen molar-refractivity contribution in [2.45, 2.75) is 0 Å². The van der Waals surface area contributed by atoms with Crippen LogP contribution in [0, 0.1) is 11.6 Å². The van der Waals surface area contributed by atoms with Gasteiger partial charge in [-0.1, -0.05) is 12.1 Å². The minimum atomic E-state index is -0.440. The van der Waals surface area contributed by atoms with Crippen LogP contribution in [0.3, 0.4) is 0 Å². The zero-order valence-electron chi connectivity index (χ0n) is 22.9. The molecular formula is C28H42F2N2O8. The lowest BCUT2D eigenvalue weighted by molar-refractivity contribution is 0.00920. The Kier molecular flexibility index (Phi) is 18.8. The number of ether oxygens (including phenoxy) is 6. The van der Waals surface area contributed by atoms with Crippen molar-refractivity contribution in [2.75, 3.05) is 116 Å². The quantitative estimate of drug-likeness (QED) is 0.132. The van der Waals surface area contributed by atoms with E-state index < -0.39 is 11.6 Å². The first-order valence-electron chi connectivity index (χ1n) is 13.4. The lowest BCUT2D eigenvalue weighted by Gasteiger charge is -2.12. The van der Waals surface area contributed by atoms with Gasteiger partial charge in [0.15, 0.2) is 0 Å². The Bertz CT molecular complexity index is 852. The van der Waals surface area contributed by atoms with Gasteiger partial charge in [0.25, 0.3) is 0 Å². The molecule has 2 aromatic carbocycles. The van der Waals surface area contributed by atoms with Gasteiger partial charge < -0.3 is 49.3 Å². The van der Waals surface area contributed by atoms with Gasteiger partial charge in [-0.05, 0) is 35.4 Å². The van der Waals surface area contributed by atoms with Crippen molar-refractivity contribution < 1.29 is 47.4 Å². The maximum atomic E-state index is 14.6. The fourth-order valence-electron chi connectivity index (χ4n) is 3.40. The molecule has 0 atom stereocenters. The molecule has 0 amide bonds. The molecule has 0 aliphatic heterocycles. The van der Waals surface area contributed by atoms with Gasteiger partial charge in [-0.2, -0.15) is 0 Å². The molecule has 0 fully saturated rings. The van der Waals surface area contributed by atoms with Gasteiger partial charge in [0.1, 0.15) is 11.6 Å². The Hall–Kier alpha value is -2.42. The molecule has 4 N–H and O–H groups in total. The summed E-state index contributed by atoms with van der Waals surface area (Å²) in [7, 11) is 0. The maximum Gasteiger partial charge on any atom is 0.146 e. The van der Waals surface area contributed by atoms with E-state index in [9.17, 15) is 8.78 Å². The third-order valence-electron chi connectivity index (χ3n) is 5.35. The highest BCUT2D eigenvalue weighted by Gasteiger charge is 2.08. The molecule has 0 aliphatic rings. The van der Waals surface area contributed by atoms with Crippen LogP contribution in [-0.4, -0.2) is 116 Å². The summed E-state index contributed by atoms with van der Waals surface area (Å²) in [6.45, 7) is 5.53. The Balaban J connectivity index is 1.62. The predicted octanol–water partition coefficient (Wildman–Crippen LogP) is 2.54. The van der Waals surface area contributed by atoms with Crippen LogP contribution in [0.2, 0.25) is 0 Å². The smallest absolute Gasteiger partial charge is 0.146 e. The zero-order valence-corrected chi connectivity index (χ0v) is 22.9. The second-order valence-electron chi connectivity index (χ2n) is 8.36. The highest BCUT2D eigenvalue weighted by molar-refractivity contribution is 5.68. The number of nitrogens with one attached hydrogen (secondary N) is 2. The molecule has 0 aromatic heterocycles. The van der Waals surface area contributed by atoms with E-state index >= 15 is 0 Å². The van der Waals surface area contributed by atoms with Crippen LogP contribution in [0.4, 0.5) is 20.2 Å². The molecule has 0 radical (unpaired) electrons. The maximum absolute atomic E-state index is 14.6. The highest BCUT2D eigenvalue weighted by Crippen LogP contribution is 2.27. The van der Waals surface area contributed by atoms with Crippen LogP contribution in [-0.2, 0) is 28.4 Å². The van der Waals surface area contributed by atoms with E-state index in [0.29, 0.717) is 115 Å². The van der Waals surface area contributed by atoms with E-state index in [4.69, 9.17) is 38.6 Å². The van der Waals surface area contributed by atoms with Crippen LogP contribution in [0.25, 0.3) is 11.1 Å². The van der Waals surface area contributed by atoms with Crippen molar-refractivity contribution in [3.05, 3.63) is 48.0 Å². The molecule has 0 aliphatic carbocycles. The molecular weight excluding hydrogens is 530 g/mol. The minimum Gasteiger partial charge on any atom is -0.394 e. The highest BCUT2D eigenvalue weighted by atomic mass is 19.1. The number of rotatable bonds is 25. The summed E-state index contributed by atoms with van der Waals surface area (Å²) in [6, 6.07) is 9.44. The lowest BCUT2D eigenvalue weighted by atomic mass is 10.0. The normalized spacial score (nSPS) is 11.2. The average molecular weight is 573 g/mol. The van der Waals surface area contributed by atoms with Crippen LogP contribution in [0.1, 0.15) is 0 Å². The summed E-state index contributed by atoms with van der Waals surface area (Å²) in [5.74, 6) is -0.879. The van der Waals surface area contributed by atoms with Crippen LogP contribution >= 0.6 is 0 Å². The van der Waals surface area contributed by atoms with Crippen LogP contribution < -0.4 is 10.6 Å². The first-order valence-corrected chi connectivity index (χ1v) is 13.4. The number of halogens is 2. The average Bonchev–Trinajstić information content (AvgIpc) is 2.96. The number of benzene rings is 2. The Labute approximate surface area is 234 Å². The molecule has 0 saturated heterocycles. The fourth-order valence-corrected chi connectivity index (χ4v) is 3.40. The summed E-state index contributed by atoms with van der Waals surface area (Å²) in [5.41, 5.74) is 1.80. The van der Waals surface area contributed by atoms with E-state index in [0.717, 1.165) is 0 Å². The molecule has 12 heteroatoms. The van der Waals surface area contributed by atoms with Crippen molar-refractivity contribution in [2.24, 2.45) is 0 Å². The van der Waals surface area contributed by atoms with Gasteiger partial charge >= 0.3 is 0 Å². The van der Waals surface area contributed by atoms with E-state index in [-0.39, 0.29) is 13.2 Å². The van der Waals surface area contributed by atoms with E-state index in [1.807, 2.05) is 0 Å². The standard InChI is InChI=1S/C28H42F2N2O8/c29-25-21-23(1-3-27(25)31-5-9-35-13-17-39-19-15-37-11-7-33)24-2-4-28(26(30)22-24)32-6-10-36-14-18-40-20-16-38-12-8-34/h1-4,21-22,31-34H,5-20H2. The fraction of sp³-hybridized carbons (Fsp3) is 0.571. The number of aliphatic hydroxyl groups is 2. The third kappa shape index (κ3) is 14.8. The van der Waals surface area contributed by atoms with E-state index in [1.54, 1.807) is 24.3 Å². The molecule has 0 spiro atoms. The van der Waals surface area contributed by atoms with Crippen LogP contribution in [0.15, 0.2) is 36.4 Å². The molecule has 0 unspecified atom stereocenters. The number of hydrogen-bond acceptors (Lipinski definition) is 10. The number of aliphatic hydroxyl groups excluding tert-OH is 2. The van der Waals surface area contributed by atoms with Crippen LogP contribution in [0.5, 0.6) is 0 Å². The summed E-state index contributed by atoms with van der Waals surface area (Å²) in [4.78, 5) is 0. The van der Waals surface area contributed by atoms with E-state index in [1.165, 1.54) is 12.1 Å². The molecule has 2 rings (SSSR count). The van der Waals surface area contributed by atoms with Gasteiger partial charge in [-0.3, -0.25) is 0 Å². The van der Waals surface area contributed by atoms with Gasteiger partial charge in [-0.15, -0.1) is 0 Å². The van der Waals surface area contributed by atoms with Crippen molar-refractivity contribution in [3.63, 3.8) is 0 Å². The summed E-state index contributed by atoms with van der Waals surface area (Å²) < 4.78 is 60.9. The number of hydrogen-bond donors (Lipinski definition) is 4.